The third kappa shape index (κ3) is 2.34. The molecule has 0 radical (unpaired) electrons. The number of carboxylic acids is 1. The average molecular weight is 300 g/mol. The quantitative estimate of drug-likeness (QED) is 0.801. The van der Waals surface area contributed by atoms with E-state index in [2.05, 4.69) is 15.9 Å². The van der Waals surface area contributed by atoms with E-state index in [9.17, 15) is 27.5 Å². The van der Waals surface area contributed by atoms with Gasteiger partial charge < -0.3 is 9.90 Å². The first kappa shape index (κ1) is 13.0. The van der Waals surface area contributed by atoms with E-state index in [-0.39, 0.29) is 4.47 Å². The third-order valence-corrected chi connectivity index (χ3v) is 2.54. The molecule has 7 heteroatoms. The smallest absolute Gasteiger partial charge is 0.321 e. The molecule has 2 nitrogen and oxygen atoms in total. The Morgan fingerprint density at radius 2 is 2.00 bits per heavy atom. The van der Waals surface area contributed by atoms with Crippen molar-refractivity contribution in [1.29, 1.82) is 0 Å². The van der Waals surface area contributed by atoms with Crippen LogP contribution in [0.3, 0.4) is 0 Å². The minimum absolute atomic E-state index is 0.151. The lowest BCUT2D eigenvalue weighted by Crippen LogP contribution is -2.44. The van der Waals surface area contributed by atoms with Gasteiger partial charge in [0.15, 0.2) is 6.17 Å². The van der Waals surface area contributed by atoms with Crippen LogP contribution in [0.15, 0.2) is 22.7 Å². The van der Waals surface area contributed by atoms with Crippen molar-refractivity contribution in [2.24, 2.45) is 0 Å². The number of carbonyl (C=O) groups excluding carboxylic acids is 1. The van der Waals surface area contributed by atoms with Crippen molar-refractivity contribution in [2.75, 3.05) is 0 Å². The van der Waals surface area contributed by atoms with Gasteiger partial charge in [0.1, 0.15) is 11.8 Å². The maximum Gasteiger partial charge on any atom is 0.321 e. The predicted molar refractivity (Wildman–Crippen MR) is 47.9 cm³/mol. The Labute approximate surface area is 96.0 Å². The van der Waals surface area contributed by atoms with Crippen LogP contribution in [-0.2, 0) is 4.79 Å². The molecule has 0 bridgehead atoms. The van der Waals surface area contributed by atoms with Crippen molar-refractivity contribution in [3.05, 3.63) is 34.1 Å². The number of hydrogen-bond donors (Lipinski definition) is 0. The molecule has 0 saturated carbocycles. The maximum atomic E-state index is 13.2. The number of alkyl halides is 3. The molecular weight excluding hydrogens is 296 g/mol. The summed E-state index contributed by atoms with van der Waals surface area (Å²) in [4.78, 5) is 10.0. The standard InChI is InChI=1S/C9H5BrF4O2/c10-6-2-1-4(11)3-5(6)7(12)9(13,14)8(15)16/h1-3,7H,(H,15,16)/p-1. The van der Waals surface area contributed by atoms with Gasteiger partial charge in [-0.3, -0.25) is 0 Å². The molecule has 16 heavy (non-hydrogen) atoms. The highest BCUT2D eigenvalue weighted by Gasteiger charge is 2.43. The number of aliphatic carboxylic acids is 1. The maximum absolute atomic E-state index is 13.2. The number of benzene rings is 1. The van der Waals surface area contributed by atoms with Crippen molar-refractivity contribution in [3.8, 4) is 0 Å². The second-order valence-corrected chi connectivity index (χ2v) is 3.79. The normalized spacial score (nSPS) is 13.6. The van der Waals surface area contributed by atoms with E-state index in [0.717, 1.165) is 12.1 Å². The first-order valence-corrected chi connectivity index (χ1v) is 4.74. The summed E-state index contributed by atoms with van der Waals surface area (Å²) in [5, 5.41) is 10.0. The molecule has 0 N–H and O–H groups in total. The molecule has 0 aliphatic rings. The van der Waals surface area contributed by atoms with Gasteiger partial charge >= 0.3 is 5.92 Å². The van der Waals surface area contributed by atoms with E-state index in [1.807, 2.05) is 0 Å². The molecule has 0 amide bonds. The zero-order valence-electron chi connectivity index (χ0n) is 7.52. The minimum Gasteiger partial charge on any atom is -0.544 e. The molecule has 0 heterocycles. The zero-order chi connectivity index (χ0) is 12.5. The van der Waals surface area contributed by atoms with Crippen LogP contribution in [0.5, 0.6) is 0 Å². The molecule has 88 valence electrons. The highest BCUT2D eigenvalue weighted by Crippen LogP contribution is 2.38. The van der Waals surface area contributed by atoms with Crippen molar-refractivity contribution in [3.63, 3.8) is 0 Å². The fourth-order valence-electron chi connectivity index (χ4n) is 1.01. The van der Waals surface area contributed by atoms with Gasteiger partial charge in [-0.05, 0) is 18.2 Å². The van der Waals surface area contributed by atoms with E-state index >= 15 is 0 Å². The summed E-state index contributed by atoms with van der Waals surface area (Å²) in [5.74, 6) is -8.51. The molecule has 1 rings (SSSR count). The van der Waals surface area contributed by atoms with E-state index in [1.54, 1.807) is 0 Å². The number of carbonyl (C=O) groups is 1. The third-order valence-electron chi connectivity index (χ3n) is 1.82. The Hall–Kier alpha value is -1.11. The Balaban J connectivity index is 3.19. The minimum atomic E-state index is -4.71. The van der Waals surface area contributed by atoms with Crippen molar-refractivity contribution in [2.45, 2.75) is 12.1 Å². The molecule has 0 fully saturated rings. The molecule has 0 saturated heterocycles. The van der Waals surface area contributed by atoms with Gasteiger partial charge in [0.05, 0.1) is 0 Å². The monoisotopic (exact) mass is 299 g/mol. The van der Waals surface area contributed by atoms with Crippen molar-refractivity contribution < 1.29 is 27.5 Å². The highest BCUT2D eigenvalue weighted by atomic mass is 79.9. The van der Waals surface area contributed by atoms with Crippen LogP contribution in [0.1, 0.15) is 11.7 Å². The fourth-order valence-corrected chi connectivity index (χ4v) is 1.46. The van der Waals surface area contributed by atoms with Crippen LogP contribution < -0.4 is 5.11 Å². The summed E-state index contributed by atoms with van der Waals surface area (Å²) in [6.07, 6.45) is -3.18. The molecular formula is C9H4BrF4O2-. The Kier molecular flexibility index (Phi) is 3.57. The van der Waals surface area contributed by atoms with E-state index in [0.29, 0.717) is 6.07 Å². The van der Waals surface area contributed by atoms with Crippen LogP contribution >= 0.6 is 15.9 Å². The SMILES string of the molecule is O=C([O-])C(F)(F)C(F)c1cc(F)ccc1Br. The first-order valence-electron chi connectivity index (χ1n) is 3.95. The van der Waals surface area contributed by atoms with Crippen molar-refractivity contribution >= 4 is 21.9 Å². The fraction of sp³-hybridized carbons (Fsp3) is 0.222. The number of rotatable bonds is 3. The Morgan fingerprint density at radius 1 is 1.44 bits per heavy atom. The topological polar surface area (TPSA) is 40.1 Å². The van der Waals surface area contributed by atoms with Crippen LogP contribution in [0.25, 0.3) is 0 Å². The van der Waals surface area contributed by atoms with E-state index in [1.165, 1.54) is 0 Å². The number of carboxylic acid groups (broad SMARTS) is 1. The van der Waals surface area contributed by atoms with E-state index < -0.39 is 29.4 Å². The average Bonchev–Trinajstić information content (AvgIpc) is 2.20. The van der Waals surface area contributed by atoms with Gasteiger partial charge in [0.25, 0.3) is 0 Å². The molecule has 1 unspecified atom stereocenters. The first-order chi connectivity index (χ1) is 7.26. The Bertz CT molecular complexity index is 422. The molecule has 0 aliphatic carbocycles. The van der Waals surface area contributed by atoms with E-state index in [4.69, 9.17) is 0 Å². The molecule has 1 atom stereocenters. The molecule has 0 spiro atoms. The second kappa shape index (κ2) is 4.40. The van der Waals surface area contributed by atoms with Gasteiger partial charge in [0, 0.05) is 10.0 Å². The van der Waals surface area contributed by atoms with Gasteiger partial charge in [0.2, 0.25) is 0 Å². The second-order valence-electron chi connectivity index (χ2n) is 2.94. The lowest BCUT2D eigenvalue weighted by Gasteiger charge is -2.22. The van der Waals surface area contributed by atoms with Crippen LogP contribution in [-0.4, -0.2) is 11.9 Å². The summed E-state index contributed by atoms with van der Waals surface area (Å²) in [6.45, 7) is 0. The number of halogens is 5. The summed E-state index contributed by atoms with van der Waals surface area (Å²) < 4.78 is 51.3. The molecule has 1 aromatic rings. The lowest BCUT2D eigenvalue weighted by molar-refractivity contribution is -0.334. The summed E-state index contributed by atoms with van der Waals surface area (Å²) in [7, 11) is 0. The van der Waals surface area contributed by atoms with Crippen LogP contribution in [0, 0.1) is 5.82 Å². The molecule has 0 aliphatic heterocycles. The lowest BCUT2D eigenvalue weighted by atomic mass is 10.1. The van der Waals surface area contributed by atoms with Crippen LogP contribution in [0.2, 0.25) is 0 Å². The van der Waals surface area contributed by atoms with Crippen molar-refractivity contribution in [1.82, 2.24) is 0 Å². The molecule has 0 aromatic heterocycles. The summed E-state index contributed by atoms with van der Waals surface area (Å²) in [6, 6.07) is 2.41. The summed E-state index contributed by atoms with van der Waals surface area (Å²) in [5.41, 5.74) is -0.783. The number of hydrogen-bond acceptors (Lipinski definition) is 2. The highest BCUT2D eigenvalue weighted by molar-refractivity contribution is 9.10. The van der Waals surface area contributed by atoms with Gasteiger partial charge in [-0.1, -0.05) is 15.9 Å². The van der Waals surface area contributed by atoms with Gasteiger partial charge in [-0.2, -0.15) is 8.78 Å². The predicted octanol–water partition coefficient (Wildman–Crippen LogP) is 1.98. The van der Waals surface area contributed by atoms with Crippen LogP contribution in [0.4, 0.5) is 17.6 Å². The van der Waals surface area contributed by atoms with Gasteiger partial charge in [-0.15, -0.1) is 0 Å². The molecule has 1 aromatic carbocycles. The largest absolute Gasteiger partial charge is 0.544 e. The van der Waals surface area contributed by atoms with Gasteiger partial charge in [-0.25, -0.2) is 8.78 Å². The summed E-state index contributed by atoms with van der Waals surface area (Å²) >= 11 is 2.72. The zero-order valence-corrected chi connectivity index (χ0v) is 9.10. The Morgan fingerprint density at radius 3 is 2.50 bits per heavy atom.